The molecule has 3 nitrogen and oxygen atoms in total. The Bertz CT molecular complexity index is 647. The molecular formula is C22H29NO2. The van der Waals surface area contributed by atoms with Crippen molar-refractivity contribution < 1.29 is 9.53 Å². The summed E-state index contributed by atoms with van der Waals surface area (Å²) in [6.07, 6.45) is 1.54. The number of carbonyl (C=O) groups excluding carboxylic acids is 1. The van der Waals surface area contributed by atoms with Gasteiger partial charge in [0.1, 0.15) is 11.6 Å². The van der Waals surface area contributed by atoms with Gasteiger partial charge in [0.2, 0.25) is 0 Å². The lowest BCUT2D eigenvalue weighted by atomic mass is 10.0. The van der Waals surface area contributed by atoms with Crippen molar-refractivity contribution in [1.29, 1.82) is 0 Å². The molecule has 134 valence electrons. The minimum absolute atomic E-state index is 0.0782. The van der Waals surface area contributed by atoms with Crippen LogP contribution in [0.5, 0.6) is 0 Å². The average molecular weight is 339 g/mol. The number of hydrogen-bond donors (Lipinski definition) is 1. The number of nitrogens with one attached hydrogen (secondary N) is 1. The molecule has 25 heavy (non-hydrogen) atoms. The molecule has 0 saturated heterocycles. The van der Waals surface area contributed by atoms with Crippen LogP contribution in [-0.2, 0) is 16.0 Å². The van der Waals surface area contributed by atoms with Gasteiger partial charge >= 0.3 is 5.97 Å². The highest BCUT2D eigenvalue weighted by atomic mass is 16.6. The molecule has 0 saturated carbocycles. The third-order valence-corrected chi connectivity index (χ3v) is 4.01. The minimum Gasteiger partial charge on any atom is -0.459 e. The number of benzene rings is 2. The van der Waals surface area contributed by atoms with Crippen molar-refractivity contribution in [3.8, 4) is 0 Å². The predicted molar refractivity (Wildman–Crippen MR) is 102 cm³/mol. The Labute approximate surface area is 151 Å². The Morgan fingerprint density at radius 3 is 2.12 bits per heavy atom. The Morgan fingerprint density at radius 2 is 1.56 bits per heavy atom. The summed E-state index contributed by atoms with van der Waals surface area (Å²) < 4.78 is 5.62. The summed E-state index contributed by atoms with van der Waals surface area (Å²) in [6, 6.07) is 20.1. The number of carbonyl (C=O) groups is 1. The molecule has 2 rings (SSSR count). The van der Waals surface area contributed by atoms with Crippen LogP contribution >= 0.6 is 0 Å². The van der Waals surface area contributed by atoms with E-state index in [9.17, 15) is 4.79 Å². The molecule has 2 unspecified atom stereocenters. The van der Waals surface area contributed by atoms with Crippen LogP contribution in [0.15, 0.2) is 60.7 Å². The summed E-state index contributed by atoms with van der Waals surface area (Å²) in [4.78, 5) is 12.7. The SMILES string of the molecule is CC(NC(CCc1ccccc1)C(=O)OC(C)(C)C)c1ccccc1. The van der Waals surface area contributed by atoms with Gasteiger partial charge in [0, 0.05) is 6.04 Å². The largest absolute Gasteiger partial charge is 0.459 e. The molecule has 0 aliphatic carbocycles. The highest BCUT2D eigenvalue weighted by Crippen LogP contribution is 2.17. The average Bonchev–Trinajstić information content (AvgIpc) is 2.58. The molecule has 3 heteroatoms. The molecule has 2 atom stereocenters. The number of esters is 1. The van der Waals surface area contributed by atoms with E-state index in [1.54, 1.807) is 0 Å². The van der Waals surface area contributed by atoms with Gasteiger partial charge in [-0.2, -0.15) is 0 Å². The van der Waals surface area contributed by atoms with E-state index in [0.717, 1.165) is 12.0 Å². The molecule has 0 aliphatic rings. The second-order valence-electron chi connectivity index (χ2n) is 7.41. The summed E-state index contributed by atoms with van der Waals surface area (Å²) >= 11 is 0. The lowest BCUT2D eigenvalue weighted by molar-refractivity contribution is -0.157. The first kappa shape index (κ1) is 19.2. The van der Waals surface area contributed by atoms with Crippen LogP contribution in [0.4, 0.5) is 0 Å². The number of ether oxygens (including phenoxy) is 1. The lowest BCUT2D eigenvalue weighted by Crippen LogP contribution is -2.42. The topological polar surface area (TPSA) is 38.3 Å². The molecule has 2 aromatic carbocycles. The third kappa shape index (κ3) is 6.71. The quantitative estimate of drug-likeness (QED) is 0.744. The van der Waals surface area contributed by atoms with E-state index in [4.69, 9.17) is 4.74 Å². The molecule has 2 aromatic rings. The fourth-order valence-electron chi connectivity index (χ4n) is 2.74. The molecule has 0 radical (unpaired) electrons. The first-order chi connectivity index (χ1) is 11.8. The highest BCUT2D eigenvalue weighted by molar-refractivity contribution is 5.76. The molecule has 0 aliphatic heterocycles. The van der Waals surface area contributed by atoms with Crippen LogP contribution in [0.1, 0.15) is 51.3 Å². The summed E-state index contributed by atoms with van der Waals surface area (Å²) in [5, 5.41) is 3.45. The Kier molecular flexibility index (Phi) is 6.77. The molecule has 0 aromatic heterocycles. The Morgan fingerprint density at radius 1 is 1.00 bits per heavy atom. The number of rotatable bonds is 7. The van der Waals surface area contributed by atoms with Gasteiger partial charge in [-0.25, -0.2) is 0 Å². The summed E-state index contributed by atoms with van der Waals surface area (Å²) in [7, 11) is 0. The van der Waals surface area contributed by atoms with E-state index in [0.29, 0.717) is 6.42 Å². The molecule has 1 N–H and O–H groups in total. The van der Waals surface area contributed by atoms with Gasteiger partial charge in [0.25, 0.3) is 0 Å². The zero-order valence-corrected chi connectivity index (χ0v) is 15.7. The van der Waals surface area contributed by atoms with Gasteiger partial charge in [0.05, 0.1) is 0 Å². The van der Waals surface area contributed by atoms with E-state index >= 15 is 0 Å². The maximum Gasteiger partial charge on any atom is 0.323 e. The fourth-order valence-corrected chi connectivity index (χ4v) is 2.74. The van der Waals surface area contributed by atoms with Crippen molar-refractivity contribution in [2.24, 2.45) is 0 Å². The molecule has 0 fully saturated rings. The second kappa shape index (κ2) is 8.82. The number of aryl methyl sites for hydroxylation is 1. The zero-order valence-electron chi connectivity index (χ0n) is 15.7. The smallest absolute Gasteiger partial charge is 0.323 e. The van der Waals surface area contributed by atoms with E-state index in [-0.39, 0.29) is 18.1 Å². The van der Waals surface area contributed by atoms with Crippen LogP contribution in [0.25, 0.3) is 0 Å². The lowest BCUT2D eigenvalue weighted by Gasteiger charge is -2.27. The van der Waals surface area contributed by atoms with E-state index in [1.165, 1.54) is 5.56 Å². The number of hydrogen-bond acceptors (Lipinski definition) is 3. The fraction of sp³-hybridized carbons (Fsp3) is 0.409. The monoisotopic (exact) mass is 339 g/mol. The molecular weight excluding hydrogens is 310 g/mol. The standard InChI is InChI=1S/C22H29NO2/c1-17(19-13-9-6-10-14-19)23-20(21(24)25-22(2,3)4)16-15-18-11-7-5-8-12-18/h5-14,17,20,23H,15-16H2,1-4H3. The summed E-state index contributed by atoms with van der Waals surface area (Å²) in [5.41, 5.74) is 1.90. The van der Waals surface area contributed by atoms with Crippen molar-refractivity contribution in [2.75, 3.05) is 0 Å². The first-order valence-corrected chi connectivity index (χ1v) is 8.93. The van der Waals surface area contributed by atoms with Crippen LogP contribution in [0, 0.1) is 0 Å². The maximum absolute atomic E-state index is 12.7. The molecule has 0 bridgehead atoms. The zero-order chi connectivity index (χ0) is 18.3. The van der Waals surface area contributed by atoms with Gasteiger partial charge in [-0.15, -0.1) is 0 Å². The van der Waals surface area contributed by atoms with Gasteiger partial charge in [0.15, 0.2) is 0 Å². The molecule has 0 spiro atoms. The summed E-state index contributed by atoms with van der Waals surface area (Å²) in [6.45, 7) is 7.79. The van der Waals surface area contributed by atoms with E-state index < -0.39 is 5.60 Å². The van der Waals surface area contributed by atoms with Crippen molar-refractivity contribution in [3.63, 3.8) is 0 Å². The van der Waals surface area contributed by atoms with Crippen molar-refractivity contribution in [3.05, 3.63) is 71.8 Å². The summed E-state index contributed by atoms with van der Waals surface area (Å²) in [5.74, 6) is -0.189. The highest BCUT2D eigenvalue weighted by Gasteiger charge is 2.26. The van der Waals surface area contributed by atoms with Crippen molar-refractivity contribution >= 4 is 5.97 Å². The predicted octanol–water partition coefficient (Wildman–Crippen LogP) is 4.68. The van der Waals surface area contributed by atoms with Crippen LogP contribution in [0.2, 0.25) is 0 Å². The van der Waals surface area contributed by atoms with Gasteiger partial charge in [-0.05, 0) is 51.7 Å². The third-order valence-electron chi connectivity index (χ3n) is 4.01. The molecule has 0 amide bonds. The van der Waals surface area contributed by atoms with E-state index in [1.807, 2.05) is 57.2 Å². The first-order valence-electron chi connectivity index (χ1n) is 8.93. The Hall–Kier alpha value is -2.13. The normalized spacial score (nSPS) is 13.9. The molecule has 0 heterocycles. The van der Waals surface area contributed by atoms with Crippen LogP contribution in [0.3, 0.4) is 0 Å². The van der Waals surface area contributed by atoms with Crippen LogP contribution in [-0.4, -0.2) is 17.6 Å². The van der Waals surface area contributed by atoms with Gasteiger partial charge in [-0.1, -0.05) is 60.7 Å². The van der Waals surface area contributed by atoms with Crippen molar-refractivity contribution in [2.45, 2.75) is 58.2 Å². The Balaban J connectivity index is 2.06. The maximum atomic E-state index is 12.7. The van der Waals surface area contributed by atoms with Gasteiger partial charge < -0.3 is 4.74 Å². The van der Waals surface area contributed by atoms with Crippen LogP contribution < -0.4 is 5.32 Å². The van der Waals surface area contributed by atoms with Crippen molar-refractivity contribution in [1.82, 2.24) is 5.32 Å². The van der Waals surface area contributed by atoms with E-state index in [2.05, 4.69) is 36.5 Å². The minimum atomic E-state index is -0.486. The second-order valence-corrected chi connectivity index (χ2v) is 7.41. The van der Waals surface area contributed by atoms with Gasteiger partial charge in [-0.3, -0.25) is 10.1 Å².